The Hall–Kier alpha value is -1.17. The van der Waals surface area contributed by atoms with Gasteiger partial charge in [-0.25, -0.2) is 25.3 Å². The molecule has 8 nitrogen and oxygen atoms in total. The molecule has 0 atom stereocenters. The predicted octanol–water partition coefficient (Wildman–Crippen LogP) is -1.69. The predicted molar refractivity (Wildman–Crippen MR) is 60.5 cm³/mol. The summed E-state index contributed by atoms with van der Waals surface area (Å²) in [6, 6.07) is 4.44. The lowest BCUT2D eigenvalue weighted by atomic mass is 10.3. The molecule has 1 aromatic carbocycles. The number of sulfonamides is 1. The third kappa shape index (κ3) is 2.94. The van der Waals surface area contributed by atoms with Crippen molar-refractivity contribution in [2.24, 2.45) is 0 Å². The minimum Gasteiger partial charge on any atom is -0.399 e. The normalized spacial score (nSPS) is 12.4. The molecule has 0 aromatic heterocycles. The van der Waals surface area contributed by atoms with Crippen molar-refractivity contribution in [2.45, 2.75) is 4.90 Å². The van der Waals surface area contributed by atoms with Crippen LogP contribution in [0.2, 0.25) is 0 Å². The van der Waals surface area contributed by atoms with Crippen LogP contribution in [0.4, 0.5) is 5.69 Å². The van der Waals surface area contributed by atoms with Crippen LogP contribution in [0, 0.1) is 0 Å². The Kier molecular flexibility index (Phi) is 4.08. The number of rotatable bonds is 4. The molecule has 0 aliphatic heterocycles. The minimum absolute atomic E-state index is 0.258. The minimum atomic E-state index is -4.63. The van der Waals surface area contributed by atoms with E-state index in [1.54, 1.807) is 0 Å². The topological polar surface area (TPSA) is 132 Å². The Morgan fingerprint density at radius 3 is 1.71 bits per heavy atom. The lowest BCUT2D eigenvalue weighted by molar-refractivity contribution is 0.547. The lowest BCUT2D eigenvalue weighted by Crippen LogP contribution is -2.28. The van der Waals surface area contributed by atoms with E-state index in [9.17, 15) is 25.3 Å². The highest BCUT2D eigenvalue weighted by molar-refractivity contribution is 8.07. The molecule has 0 spiro atoms. The molecule has 96 valence electrons. The Morgan fingerprint density at radius 1 is 0.941 bits per heavy atom. The molecule has 1 aromatic rings. The fourth-order valence-corrected chi connectivity index (χ4v) is 4.08. The van der Waals surface area contributed by atoms with Gasteiger partial charge in [0, 0.05) is 8.80 Å². The molecule has 0 unspecified atom stereocenters. The number of benzene rings is 1. The largest absolute Gasteiger partial charge is 0.399 e. The average molecular weight is 300 g/mol. The van der Waals surface area contributed by atoms with Crippen LogP contribution in [0.3, 0.4) is 0 Å². The zero-order chi connectivity index (χ0) is 13.2. The maximum Gasteiger partial charge on any atom is 0.269 e. The van der Waals surface area contributed by atoms with Crippen LogP contribution in [0.15, 0.2) is 29.2 Å². The Balaban J connectivity index is 3.41. The smallest absolute Gasteiger partial charge is 0.269 e. The van der Waals surface area contributed by atoms with Gasteiger partial charge in [0.05, 0.1) is 4.90 Å². The summed E-state index contributed by atoms with van der Waals surface area (Å²) in [4.78, 5) is -0.481. The van der Waals surface area contributed by atoms with E-state index in [1.165, 1.54) is 12.1 Å². The second-order valence-corrected chi connectivity index (χ2v) is 7.17. The van der Waals surface area contributed by atoms with E-state index in [1.807, 2.05) is 0 Å². The standard InChI is InChI=1S/C6H8N2O6S3/c7-5-1-3-6(4-2-5)17(13,14)8(15(9)10)16(11)12/h1-4,15-16H,7H2. The van der Waals surface area contributed by atoms with E-state index >= 15 is 0 Å². The molecular formula is C6H8N2O6S3. The molecule has 0 aliphatic rings. The van der Waals surface area contributed by atoms with E-state index < -0.39 is 39.8 Å². The first-order valence-electron chi connectivity index (χ1n) is 3.96. The van der Waals surface area contributed by atoms with E-state index in [-0.39, 0.29) is 5.69 Å². The molecule has 0 saturated heterocycles. The van der Waals surface area contributed by atoms with Gasteiger partial charge >= 0.3 is 0 Å². The summed E-state index contributed by atoms with van der Waals surface area (Å²) in [7, 11) is -12.2. The first-order chi connectivity index (χ1) is 7.76. The fourth-order valence-electron chi connectivity index (χ4n) is 0.969. The van der Waals surface area contributed by atoms with Crippen LogP contribution in [0.5, 0.6) is 0 Å². The van der Waals surface area contributed by atoms with E-state index in [2.05, 4.69) is 0 Å². The highest BCUT2D eigenvalue weighted by Crippen LogP contribution is 2.17. The van der Waals surface area contributed by atoms with E-state index in [0.717, 1.165) is 12.1 Å². The number of hydrogen-bond acceptors (Lipinski definition) is 7. The van der Waals surface area contributed by atoms with Gasteiger partial charge in [-0.15, -0.1) is 0 Å². The first kappa shape index (κ1) is 13.9. The van der Waals surface area contributed by atoms with Gasteiger partial charge in [-0.2, -0.15) is 0 Å². The van der Waals surface area contributed by atoms with Crippen LogP contribution < -0.4 is 5.73 Å². The maximum atomic E-state index is 11.6. The number of hydrogen-bond donors (Lipinski definition) is 3. The summed E-state index contributed by atoms with van der Waals surface area (Å²) >= 11 is 0. The molecular weight excluding hydrogens is 292 g/mol. The molecule has 0 fully saturated rings. The van der Waals surface area contributed by atoms with Gasteiger partial charge < -0.3 is 5.73 Å². The molecule has 0 radical (unpaired) electrons. The molecule has 1 rings (SSSR count). The Morgan fingerprint density at radius 2 is 1.35 bits per heavy atom. The van der Waals surface area contributed by atoms with Gasteiger partial charge in [0.15, 0.2) is 0 Å². The SMILES string of the molecule is Nc1ccc(S(=O)(=O)N([SH](=O)=O)[SH](=O)=O)cc1. The molecule has 11 heteroatoms. The van der Waals surface area contributed by atoms with Crippen molar-refractivity contribution in [1.29, 1.82) is 0 Å². The van der Waals surface area contributed by atoms with Crippen molar-refractivity contribution in [1.82, 2.24) is 3.12 Å². The Bertz CT molecular complexity index is 619. The molecule has 0 bridgehead atoms. The highest BCUT2D eigenvalue weighted by atomic mass is 32.3. The van der Waals surface area contributed by atoms with Gasteiger partial charge in [-0.1, -0.05) is 0 Å². The van der Waals surface area contributed by atoms with Gasteiger partial charge in [0.2, 0.25) is 21.8 Å². The quantitative estimate of drug-likeness (QED) is 0.446. The second kappa shape index (κ2) is 5.00. The third-order valence-electron chi connectivity index (χ3n) is 1.67. The number of nitrogens with zero attached hydrogens (tertiary/aromatic N) is 1. The summed E-state index contributed by atoms with van der Waals surface area (Å²) in [5, 5.41) is 0. The first-order valence-corrected chi connectivity index (χ1v) is 7.66. The molecule has 17 heavy (non-hydrogen) atoms. The van der Waals surface area contributed by atoms with Crippen molar-refractivity contribution in [3.8, 4) is 0 Å². The summed E-state index contributed by atoms with van der Waals surface area (Å²) < 4.78 is 65.1. The molecule has 0 aliphatic carbocycles. The van der Waals surface area contributed by atoms with Crippen LogP contribution in [-0.2, 0) is 31.8 Å². The monoisotopic (exact) mass is 300 g/mol. The number of nitrogens with two attached hydrogens (primary N) is 1. The van der Waals surface area contributed by atoms with E-state index in [0.29, 0.717) is 0 Å². The van der Waals surface area contributed by atoms with Gasteiger partial charge in [-0.05, 0) is 24.3 Å². The number of anilines is 1. The fraction of sp³-hybridized carbons (Fsp3) is 0. The molecule has 0 heterocycles. The third-order valence-corrected chi connectivity index (χ3v) is 6.50. The second-order valence-electron chi connectivity index (χ2n) is 2.77. The average Bonchev–Trinajstić information content (AvgIpc) is 2.16. The van der Waals surface area contributed by atoms with Crippen LogP contribution in [0.1, 0.15) is 0 Å². The summed E-state index contributed by atoms with van der Waals surface area (Å²) in [5.74, 6) is 0. The van der Waals surface area contributed by atoms with Gasteiger partial charge in [-0.3, -0.25) is 0 Å². The number of nitrogen functional groups attached to an aromatic ring is 1. The van der Waals surface area contributed by atoms with Crippen LogP contribution >= 0.6 is 0 Å². The highest BCUT2D eigenvalue weighted by Gasteiger charge is 2.29. The van der Waals surface area contributed by atoms with Crippen molar-refractivity contribution in [2.75, 3.05) is 5.73 Å². The van der Waals surface area contributed by atoms with Crippen molar-refractivity contribution >= 4 is 37.5 Å². The summed E-state index contributed by atoms with van der Waals surface area (Å²) in [5.41, 5.74) is 5.58. The Labute approximate surface area is 101 Å². The molecule has 0 amide bonds. The lowest BCUT2D eigenvalue weighted by Gasteiger charge is -2.08. The van der Waals surface area contributed by atoms with Gasteiger partial charge in [0.25, 0.3) is 10.0 Å². The summed E-state index contributed by atoms with van der Waals surface area (Å²) in [6.07, 6.45) is 0. The number of thiol groups is 2. The molecule has 0 saturated carbocycles. The zero-order valence-corrected chi connectivity index (χ0v) is 10.7. The van der Waals surface area contributed by atoms with Crippen molar-refractivity contribution in [3.05, 3.63) is 24.3 Å². The molecule has 2 N–H and O–H groups in total. The summed E-state index contributed by atoms with van der Waals surface area (Å²) in [6.45, 7) is 0. The van der Waals surface area contributed by atoms with Crippen LogP contribution in [0.25, 0.3) is 0 Å². The van der Waals surface area contributed by atoms with Crippen molar-refractivity contribution in [3.63, 3.8) is 0 Å². The van der Waals surface area contributed by atoms with E-state index in [4.69, 9.17) is 5.73 Å². The van der Waals surface area contributed by atoms with Crippen molar-refractivity contribution < 1.29 is 25.3 Å². The van der Waals surface area contributed by atoms with Gasteiger partial charge in [0.1, 0.15) is 0 Å². The van der Waals surface area contributed by atoms with Crippen LogP contribution in [-0.4, -0.2) is 28.4 Å². The maximum absolute atomic E-state index is 11.6. The zero-order valence-electron chi connectivity index (χ0n) is 8.09.